The Kier molecular flexibility index (Phi) is 4.76. The highest BCUT2D eigenvalue weighted by Gasteiger charge is 2.21. The average molecular weight is 263 g/mol. The number of hydrogen-bond acceptors (Lipinski definition) is 4. The van der Waals surface area contributed by atoms with Crippen LogP contribution in [0.1, 0.15) is 29.6 Å². The zero-order chi connectivity index (χ0) is 13.7. The number of aliphatic hydroxyl groups is 1. The molecule has 1 aromatic rings. The minimum Gasteiger partial charge on any atom is -0.395 e. The van der Waals surface area contributed by atoms with Gasteiger partial charge in [0.25, 0.3) is 5.91 Å². The monoisotopic (exact) mass is 263 g/mol. The highest BCUT2D eigenvalue weighted by Crippen LogP contribution is 2.21. The van der Waals surface area contributed by atoms with Crippen molar-refractivity contribution >= 4 is 11.6 Å². The summed E-state index contributed by atoms with van der Waals surface area (Å²) in [5.41, 5.74) is 7.49. The normalized spacial score (nSPS) is 22.2. The Hall–Kier alpha value is -1.59. The van der Waals surface area contributed by atoms with E-state index in [4.69, 9.17) is 10.8 Å². The molecule has 5 nitrogen and oxygen atoms in total. The molecule has 0 saturated heterocycles. The van der Waals surface area contributed by atoms with E-state index in [1.165, 1.54) is 0 Å². The smallest absolute Gasteiger partial charge is 0.251 e. The van der Waals surface area contributed by atoms with E-state index in [9.17, 15) is 4.79 Å². The van der Waals surface area contributed by atoms with Gasteiger partial charge in [-0.3, -0.25) is 4.79 Å². The highest BCUT2D eigenvalue weighted by molar-refractivity contribution is 5.94. The summed E-state index contributed by atoms with van der Waals surface area (Å²) in [5.74, 6) is -0.163. The fraction of sp³-hybridized carbons (Fsp3) is 0.500. The molecule has 1 amide bonds. The lowest BCUT2D eigenvalue weighted by Crippen LogP contribution is -2.26. The first-order valence-electron chi connectivity index (χ1n) is 6.70. The van der Waals surface area contributed by atoms with Gasteiger partial charge in [-0.2, -0.15) is 0 Å². The number of nitrogens with two attached hydrogens (primary N) is 1. The van der Waals surface area contributed by atoms with Crippen molar-refractivity contribution < 1.29 is 9.90 Å². The molecule has 1 aromatic carbocycles. The number of nitrogens with one attached hydrogen (secondary N) is 2. The molecule has 0 radical (unpaired) electrons. The van der Waals surface area contributed by atoms with Crippen molar-refractivity contribution in [3.8, 4) is 0 Å². The first-order chi connectivity index (χ1) is 9.19. The Morgan fingerprint density at radius 3 is 2.63 bits per heavy atom. The maximum absolute atomic E-state index is 11.6. The third kappa shape index (κ3) is 3.94. The van der Waals surface area contributed by atoms with E-state index < -0.39 is 0 Å². The summed E-state index contributed by atoms with van der Waals surface area (Å²) in [6, 6.07) is 8.11. The standard InChI is InChI=1S/C14H21N3O2/c15-11-3-6-13(9-11)17-12-4-1-10(2-5-12)14(19)16-7-8-18/h1-2,4-5,11,13,17-18H,3,6-9,15H2,(H,16,19). The van der Waals surface area contributed by atoms with Crippen LogP contribution < -0.4 is 16.4 Å². The van der Waals surface area contributed by atoms with Crippen molar-refractivity contribution in [1.82, 2.24) is 5.32 Å². The molecule has 104 valence electrons. The molecule has 0 bridgehead atoms. The highest BCUT2D eigenvalue weighted by atomic mass is 16.3. The number of benzene rings is 1. The van der Waals surface area contributed by atoms with Crippen molar-refractivity contribution in [1.29, 1.82) is 0 Å². The second-order valence-corrected chi connectivity index (χ2v) is 4.97. The van der Waals surface area contributed by atoms with Crippen LogP contribution in [0.25, 0.3) is 0 Å². The summed E-state index contributed by atoms with van der Waals surface area (Å²) in [4.78, 5) is 11.6. The lowest BCUT2D eigenvalue weighted by molar-refractivity contribution is 0.0945. The Balaban J connectivity index is 1.89. The Labute approximate surface area is 113 Å². The third-order valence-electron chi connectivity index (χ3n) is 3.39. The maximum Gasteiger partial charge on any atom is 0.251 e. The van der Waals surface area contributed by atoms with Gasteiger partial charge >= 0.3 is 0 Å². The number of carbonyl (C=O) groups excluding carboxylic acids is 1. The van der Waals surface area contributed by atoms with Crippen molar-refractivity contribution in [2.24, 2.45) is 5.73 Å². The summed E-state index contributed by atoms with van der Waals surface area (Å²) < 4.78 is 0. The fourth-order valence-corrected chi connectivity index (χ4v) is 2.37. The van der Waals surface area contributed by atoms with Gasteiger partial charge in [-0.05, 0) is 43.5 Å². The molecular formula is C14H21N3O2. The molecular weight excluding hydrogens is 242 g/mol. The number of hydrogen-bond donors (Lipinski definition) is 4. The first kappa shape index (κ1) is 13.8. The summed E-state index contributed by atoms with van der Waals surface area (Å²) in [6.45, 7) is 0.228. The van der Waals surface area contributed by atoms with Crippen molar-refractivity contribution in [2.45, 2.75) is 31.3 Å². The number of amides is 1. The quantitative estimate of drug-likeness (QED) is 0.630. The van der Waals surface area contributed by atoms with E-state index in [1.54, 1.807) is 12.1 Å². The molecule has 2 atom stereocenters. The van der Waals surface area contributed by atoms with Crippen LogP contribution >= 0.6 is 0 Å². The van der Waals surface area contributed by atoms with Gasteiger partial charge in [-0.1, -0.05) is 0 Å². The minimum absolute atomic E-state index is 0.0483. The number of aliphatic hydroxyl groups excluding tert-OH is 1. The molecule has 1 aliphatic carbocycles. The van der Waals surface area contributed by atoms with Gasteiger partial charge in [0.1, 0.15) is 0 Å². The predicted molar refractivity (Wildman–Crippen MR) is 75.1 cm³/mol. The van der Waals surface area contributed by atoms with Crippen LogP contribution in [0.3, 0.4) is 0 Å². The van der Waals surface area contributed by atoms with Crippen molar-refractivity contribution in [3.05, 3.63) is 29.8 Å². The lowest BCUT2D eigenvalue weighted by Gasteiger charge is -2.14. The minimum atomic E-state index is -0.163. The van der Waals surface area contributed by atoms with Gasteiger partial charge in [0.2, 0.25) is 0 Å². The largest absolute Gasteiger partial charge is 0.395 e. The second-order valence-electron chi connectivity index (χ2n) is 4.97. The molecule has 5 heteroatoms. The van der Waals surface area contributed by atoms with Gasteiger partial charge in [0.15, 0.2) is 0 Å². The predicted octanol–water partition coefficient (Wildman–Crippen LogP) is 0.700. The number of carbonyl (C=O) groups is 1. The van der Waals surface area contributed by atoms with E-state index in [0.717, 1.165) is 24.9 Å². The molecule has 1 fully saturated rings. The topological polar surface area (TPSA) is 87.4 Å². The number of anilines is 1. The van der Waals surface area contributed by atoms with E-state index in [-0.39, 0.29) is 19.1 Å². The third-order valence-corrected chi connectivity index (χ3v) is 3.39. The van der Waals surface area contributed by atoms with Crippen LogP contribution in [-0.2, 0) is 0 Å². The molecule has 5 N–H and O–H groups in total. The molecule has 0 heterocycles. The van der Waals surface area contributed by atoms with Gasteiger partial charge in [-0.15, -0.1) is 0 Å². The van der Waals surface area contributed by atoms with Crippen LogP contribution in [-0.4, -0.2) is 36.2 Å². The Morgan fingerprint density at radius 1 is 1.32 bits per heavy atom. The molecule has 2 unspecified atom stereocenters. The molecule has 0 aliphatic heterocycles. The van der Waals surface area contributed by atoms with Crippen LogP contribution in [0.2, 0.25) is 0 Å². The van der Waals surface area contributed by atoms with Crippen LogP contribution in [0, 0.1) is 0 Å². The zero-order valence-electron chi connectivity index (χ0n) is 10.9. The molecule has 1 saturated carbocycles. The van der Waals surface area contributed by atoms with Gasteiger partial charge in [0, 0.05) is 29.9 Å². The lowest BCUT2D eigenvalue weighted by atomic mass is 10.1. The van der Waals surface area contributed by atoms with Crippen LogP contribution in [0.5, 0.6) is 0 Å². The summed E-state index contributed by atoms with van der Waals surface area (Å²) in [5, 5.41) is 14.7. The van der Waals surface area contributed by atoms with E-state index in [0.29, 0.717) is 17.6 Å². The molecule has 2 rings (SSSR count). The summed E-state index contributed by atoms with van der Waals surface area (Å²) in [7, 11) is 0. The van der Waals surface area contributed by atoms with Crippen molar-refractivity contribution in [2.75, 3.05) is 18.5 Å². The SMILES string of the molecule is NC1CCC(Nc2ccc(C(=O)NCCO)cc2)C1. The molecule has 1 aliphatic rings. The van der Waals surface area contributed by atoms with Crippen molar-refractivity contribution in [3.63, 3.8) is 0 Å². The van der Waals surface area contributed by atoms with E-state index >= 15 is 0 Å². The second kappa shape index (κ2) is 6.54. The van der Waals surface area contributed by atoms with Gasteiger partial charge in [-0.25, -0.2) is 0 Å². The zero-order valence-corrected chi connectivity index (χ0v) is 10.9. The fourth-order valence-electron chi connectivity index (χ4n) is 2.37. The number of rotatable bonds is 5. The molecule has 0 spiro atoms. The molecule has 0 aromatic heterocycles. The van der Waals surface area contributed by atoms with E-state index in [1.807, 2.05) is 12.1 Å². The maximum atomic E-state index is 11.6. The Bertz CT molecular complexity index is 419. The van der Waals surface area contributed by atoms with Crippen LogP contribution in [0.15, 0.2) is 24.3 Å². The molecule has 19 heavy (non-hydrogen) atoms. The van der Waals surface area contributed by atoms with Gasteiger partial charge in [0.05, 0.1) is 6.61 Å². The van der Waals surface area contributed by atoms with E-state index in [2.05, 4.69) is 10.6 Å². The Morgan fingerprint density at radius 2 is 2.05 bits per heavy atom. The van der Waals surface area contributed by atoms with Gasteiger partial charge < -0.3 is 21.5 Å². The van der Waals surface area contributed by atoms with Crippen LogP contribution in [0.4, 0.5) is 5.69 Å². The summed E-state index contributed by atoms with van der Waals surface area (Å²) >= 11 is 0. The summed E-state index contributed by atoms with van der Waals surface area (Å²) in [6.07, 6.45) is 3.16. The first-order valence-corrected chi connectivity index (χ1v) is 6.70. The average Bonchev–Trinajstić information content (AvgIpc) is 2.82.